The van der Waals surface area contributed by atoms with Gasteiger partial charge in [-0.3, -0.25) is 4.79 Å². The van der Waals surface area contributed by atoms with Crippen molar-refractivity contribution >= 4 is 11.6 Å². The number of carbonyl (C=O) groups is 1. The number of aromatic hydroxyl groups is 1. The highest BCUT2D eigenvalue weighted by atomic mass is 16.5. The lowest BCUT2D eigenvalue weighted by Crippen LogP contribution is -2.22. The second kappa shape index (κ2) is 4.54. The molecule has 0 aromatic heterocycles. The van der Waals surface area contributed by atoms with Gasteiger partial charge in [-0.1, -0.05) is 0 Å². The fourth-order valence-electron chi connectivity index (χ4n) is 1.16. The number of hydrogen-bond donors (Lipinski definition) is 3. The van der Waals surface area contributed by atoms with E-state index in [1.807, 2.05) is 0 Å². The number of ether oxygens (including phenoxy) is 1. The number of anilines is 1. The smallest absolute Gasteiger partial charge is 0.236 e. The number of phenols is 1. The molecule has 5 nitrogen and oxygen atoms in total. The first-order valence-electron chi connectivity index (χ1n) is 4.44. The van der Waals surface area contributed by atoms with Crippen LogP contribution in [0, 0.1) is 6.92 Å². The van der Waals surface area contributed by atoms with Crippen LogP contribution in [-0.2, 0) is 4.79 Å². The van der Waals surface area contributed by atoms with Crippen molar-refractivity contribution in [2.24, 2.45) is 5.73 Å². The van der Waals surface area contributed by atoms with Gasteiger partial charge in [0, 0.05) is 6.07 Å². The third kappa shape index (κ3) is 2.77. The van der Waals surface area contributed by atoms with Gasteiger partial charge in [0.25, 0.3) is 0 Å². The number of nitrogens with one attached hydrogen (secondary N) is 1. The Morgan fingerprint density at radius 3 is 2.80 bits per heavy atom. The average Bonchev–Trinajstić information content (AvgIpc) is 2.19. The van der Waals surface area contributed by atoms with Crippen LogP contribution in [0.4, 0.5) is 5.69 Å². The summed E-state index contributed by atoms with van der Waals surface area (Å²) in [7, 11) is 1.52. The van der Waals surface area contributed by atoms with E-state index in [9.17, 15) is 9.90 Å². The van der Waals surface area contributed by atoms with Crippen molar-refractivity contribution < 1.29 is 14.6 Å². The molecule has 1 aromatic rings. The van der Waals surface area contributed by atoms with Gasteiger partial charge in [-0.2, -0.15) is 0 Å². The van der Waals surface area contributed by atoms with Crippen molar-refractivity contribution in [3.05, 3.63) is 17.7 Å². The topological polar surface area (TPSA) is 84.6 Å². The first-order valence-corrected chi connectivity index (χ1v) is 4.44. The average molecular weight is 210 g/mol. The van der Waals surface area contributed by atoms with Gasteiger partial charge in [0.05, 0.1) is 19.3 Å². The summed E-state index contributed by atoms with van der Waals surface area (Å²) >= 11 is 0. The zero-order valence-electron chi connectivity index (χ0n) is 8.70. The zero-order chi connectivity index (χ0) is 11.4. The van der Waals surface area contributed by atoms with Crippen LogP contribution in [0.3, 0.4) is 0 Å². The highest BCUT2D eigenvalue weighted by molar-refractivity contribution is 5.79. The quantitative estimate of drug-likeness (QED) is 0.679. The Labute approximate surface area is 87.9 Å². The molecule has 1 aromatic carbocycles. The summed E-state index contributed by atoms with van der Waals surface area (Å²) in [6.07, 6.45) is 0. The molecule has 0 aliphatic heterocycles. The molecule has 1 amide bonds. The second-order valence-electron chi connectivity index (χ2n) is 3.16. The van der Waals surface area contributed by atoms with Crippen LogP contribution in [0.5, 0.6) is 11.5 Å². The van der Waals surface area contributed by atoms with Gasteiger partial charge in [-0.15, -0.1) is 0 Å². The van der Waals surface area contributed by atoms with E-state index in [-0.39, 0.29) is 12.3 Å². The maximum Gasteiger partial charge on any atom is 0.236 e. The summed E-state index contributed by atoms with van der Waals surface area (Å²) in [6, 6.07) is 3.18. The summed E-state index contributed by atoms with van der Waals surface area (Å²) in [6.45, 7) is 1.76. The van der Waals surface area contributed by atoms with Gasteiger partial charge in [0.2, 0.25) is 5.91 Å². The van der Waals surface area contributed by atoms with E-state index < -0.39 is 5.91 Å². The molecule has 0 heterocycles. The predicted octanol–water partition coefficient (Wildman–Crippen LogP) is 0.606. The number of primary amides is 1. The molecule has 5 heteroatoms. The molecular weight excluding hydrogens is 196 g/mol. The van der Waals surface area contributed by atoms with Crippen LogP contribution in [-0.4, -0.2) is 24.7 Å². The summed E-state index contributed by atoms with van der Waals surface area (Å²) in [5.74, 6) is 0.228. The number of aryl methyl sites for hydroxylation is 1. The standard InChI is InChI=1S/C10H14N2O3/c1-6-3-9(15-2)7(4-8(6)13)12-5-10(11)14/h3-4,12-13H,5H2,1-2H3,(H2,11,14). The highest BCUT2D eigenvalue weighted by Gasteiger charge is 2.07. The van der Waals surface area contributed by atoms with Crippen molar-refractivity contribution in [1.29, 1.82) is 0 Å². The van der Waals surface area contributed by atoms with Crippen molar-refractivity contribution in [3.63, 3.8) is 0 Å². The Kier molecular flexibility index (Phi) is 3.38. The number of hydrogen-bond acceptors (Lipinski definition) is 4. The van der Waals surface area contributed by atoms with E-state index in [2.05, 4.69) is 5.32 Å². The predicted molar refractivity (Wildman–Crippen MR) is 57.1 cm³/mol. The number of methoxy groups -OCH3 is 1. The largest absolute Gasteiger partial charge is 0.508 e. The third-order valence-corrected chi connectivity index (χ3v) is 1.97. The molecular formula is C10H14N2O3. The van der Waals surface area contributed by atoms with Gasteiger partial charge < -0.3 is 20.9 Å². The molecule has 0 atom stereocenters. The first kappa shape index (κ1) is 11.2. The van der Waals surface area contributed by atoms with Crippen molar-refractivity contribution in [1.82, 2.24) is 0 Å². The number of rotatable bonds is 4. The van der Waals surface area contributed by atoms with E-state index in [0.29, 0.717) is 17.0 Å². The van der Waals surface area contributed by atoms with E-state index in [1.165, 1.54) is 13.2 Å². The lowest BCUT2D eigenvalue weighted by molar-refractivity contribution is -0.116. The Morgan fingerprint density at radius 1 is 1.60 bits per heavy atom. The normalized spacial score (nSPS) is 9.73. The van der Waals surface area contributed by atoms with Crippen LogP contribution in [0.25, 0.3) is 0 Å². The van der Waals surface area contributed by atoms with Gasteiger partial charge in [0.15, 0.2) is 0 Å². The minimum atomic E-state index is -0.475. The lowest BCUT2D eigenvalue weighted by atomic mass is 10.2. The molecule has 0 saturated heterocycles. The molecule has 0 aliphatic rings. The maximum absolute atomic E-state index is 10.6. The molecule has 0 unspecified atom stereocenters. The summed E-state index contributed by atoms with van der Waals surface area (Å²) < 4.78 is 5.09. The van der Waals surface area contributed by atoms with Crippen molar-refractivity contribution in [2.75, 3.05) is 19.0 Å². The Bertz CT molecular complexity index is 377. The summed E-state index contributed by atoms with van der Waals surface area (Å²) in [5, 5.41) is 12.2. The number of carbonyl (C=O) groups excluding carboxylic acids is 1. The van der Waals surface area contributed by atoms with Crippen LogP contribution < -0.4 is 15.8 Å². The fourth-order valence-corrected chi connectivity index (χ4v) is 1.16. The van der Waals surface area contributed by atoms with Gasteiger partial charge in [-0.25, -0.2) is 0 Å². The fraction of sp³-hybridized carbons (Fsp3) is 0.300. The number of amides is 1. The number of nitrogens with two attached hydrogens (primary N) is 1. The molecule has 0 fully saturated rings. The summed E-state index contributed by atoms with van der Waals surface area (Å²) in [4.78, 5) is 10.6. The molecule has 15 heavy (non-hydrogen) atoms. The van der Waals surface area contributed by atoms with Crippen LogP contribution in [0.2, 0.25) is 0 Å². The highest BCUT2D eigenvalue weighted by Crippen LogP contribution is 2.31. The SMILES string of the molecule is COc1cc(C)c(O)cc1NCC(N)=O. The van der Waals surface area contributed by atoms with Crippen molar-refractivity contribution in [2.45, 2.75) is 6.92 Å². The third-order valence-electron chi connectivity index (χ3n) is 1.97. The van der Waals surface area contributed by atoms with Crippen molar-refractivity contribution in [3.8, 4) is 11.5 Å². The summed E-state index contributed by atoms with van der Waals surface area (Å²) in [5.41, 5.74) is 6.24. The molecule has 82 valence electrons. The Morgan fingerprint density at radius 2 is 2.27 bits per heavy atom. The van der Waals surface area contributed by atoms with Crippen LogP contribution in [0.15, 0.2) is 12.1 Å². The minimum Gasteiger partial charge on any atom is -0.508 e. The van der Waals surface area contributed by atoms with E-state index in [4.69, 9.17) is 10.5 Å². The monoisotopic (exact) mass is 210 g/mol. The zero-order valence-corrected chi connectivity index (χ0v) is 8.70. The maximum atomic E-state index is 10.6. The first-order chi connectivity index (χ1) is 7.04. The minimum absolute atomic E-state index is 0.00113. The lowest BCUT2D eigenvalue weighted by Gasteiger charge is -2.11. The Balaban J connectivity index is 2.94. The Hall–Kier alpha value is -1.91. The molecule has 1 rings (SSSR count). The second-order valence-corrected chi connectivity index (χ2v) is 3.16. The molecule has 4 N–H and O–H groups in total. The van der Waals surface area contributed by atoms with Crippen LogP contribution >= 0.6 is 0 Å². The molecule has 0 bridgehead atoms. The molecule has 0 spiro atoms. The van der Waals surface area contributed by atoms with Gasteiger partial charge in [0.1, 0.15) is 11.5 Å². The van der Waals surface area contributed by atoms with Crippen LogP contribution in [0.1, 0.15) is 5.56 Å². The molecule has 0 saturated carbocycles. The number of benzene rings is 1. The van der Waals surface area contributed by atoms with Gasteiger partial charge in [-0.05, 0) is 18.6 Å². The van der Waals surface area contributed by atoms with Gasteiger partial charge >= 0.3 is 0 Å². The van der Waals surface area contributed by atoms with E-state index in [0.717, 1.165) is 0 Å². The molecule has 0 radical (unpaired) electrons. The molecule has 0 aliphatic carbocycles. The van der Waals surface area contributed by atoms with E-state index in [1.54, 1.807) is 13.0 Å². The van der Waals surface area contributed by atoms with E-state index >= 15 is 0 Å². The number of phenolic OH excluding ortho intramolecular Hbond substituents is 1.